The van der Waals surface area contributed by atoms with Crippen molar-refractivity contribution in [3.63, 3.8) is 0 Å². The second-order valence-corrected chi connectivity index (χ2v) is 7.67. The summed E-state index contributed by atoms with van der Waals surface area (Å²) in [6.07, 6.45) is 2.02. The number of nitrogens with zero attached hydrogens (tertiary/aromatic N) is 2. The van der Waals surface area contributed by atoms with Crippen LogP contribution in [-0.4, -0.2) is 54.3 Å². The van der Waals surface area contributed by atoms with Crippen molar-refractivity contribution in [1.82, 2.24) is 9.80 Å². The SMILES string of the molecule is CCc1cccc(CC)c1NC(=O)CN1CCN(C(=O)Cc2ccc(F)cc2)CC1. The van der Waals surface area contributed by atoms with Crippen LogP contribution in [0.5, 0.6) is 0 Å². The average Bonchev–Trinajstić information content (AvgIpc) is 2.76. The summed E-state index contributed by atoms with van der Waals surface area (Å²) in [7, 11) is 0. The molecular formula is C24H30FN3O2. The largest absolute Gasteiger partial charge is 0.340 e. The molecule has 0 radical (unpaired) electrons. The number of carbonyl (C=O) groups excluding carboxylic acids is 2. The van der Waals surface area contributed by atoms with Gasteiger partial charge in [-0.15, -0.1) is 0 Å². The Hall–Kier alpha value is -2.73. The van der Waals surface area contributed by atoms with E-state index in [1.807, 2.05) is 11.0 Å². The van der Waals surface area contributed by atoms with E-state index in [-0.39, 0.29) is 24.1 Å². The van der Waals surface area contributed by atoms with Gasteiger partial charge in [0.25, 0.3) is 0 Å². The maximum absolute atomic E-state index is 13.0. The second-order valence-electron chi connectivity index (χ2n) is 7.67. The molecule has 5 nitrogen and oxygen atoms in total. The standard InChI is InChI=1S/C24H30FN3O2/c1-3-19-6-5-7-20(4-2)24(19)26-22(29)17-27-12-14-28(15-13-27)23(30)16-18-8-10-21(25)11-9-18/h5-11H,3-4,12-17H2,1-2H3,(H,26,29). The third kappa shape index (κ3) is 5.66. The Labute approximate surface area is 177 Å². The number of anilines is 1. The monoisotopic (exact) mass is 411 g/mol. The highest BCUT2D eigenvalue weighted by Crippen LogP contribution is 2.22. The number of para-hydroxylation sites is 1. The molecule has 2 aromatic rings. The van der Waals surface area contributed by atoms with Crippen LogP contribution >= 0.6 is 0 Å². The van der Waals surface area contributed by atoms with E-state index >= 15 is 0 Å². The summed E-state index contributed by atoms with van der Waals surface area (Å²) in [6, 6.07) is 12.2. The Kier molecular flexibility index (Phi) is 7.57. The van der Waals surface area contributed by atoms with Gasteiger partial charge in [-0.2, -0.15) is 0 Å². The number of hydrogen-bond donors (Lipinski definition) is 1. The molecule has 0 aliphatic carbocycles. The number of benzene rings is 2. The van der Waals surface area contributed by atoms with Gasteiger partial charge >= 0.3 is 0 Å². The van der Waals surface area contributed by atoms with Crippen molar-refractivity contribution in [2.45, 2.75) is 33.1 Å². The lowest BCUT2D eigenvalue weighted by atomic mass is 10.0. The van der Waals surface area contributed by atoms with E-state index in [2.05, 4.69) is 36.2 Å². The fraction of sp³-hybridized carbons (Fsp3) is 0.417. The van der Waals surface area contributed by atoms with Gasteiger partial charge in [0.1, 0.15) is 5.82 Å². The highest BCUT2D eigenvalue weighted by molar-refractivity contribution is 5.94. The molecule has 3 rings (SSSR count). The molecule has 6 heteroatoms. The molecule has 0 unspecified atom stereocenters. The number of nitrogens with one attached hydrogen (secondary N) is 1. The molecule has 30 heavy (non-hydrogen) atoms. The summed E-state index contributed by atoms with van der Waals surface area (Å²) in [5, 5.41) is 3.11. The summed E-state index contributed by atoms with van der Waals surface area (Å²) < 4.78 is 13.0. The molecule has 0 bridgehead atoms. The van der Waals surface area contributed by atoms with E-state index in [4.69, 9.17) is 0 Å². The minimum absolute atomic E-state index is 0.0170. The molecule has 0 spiro atoms. The number of amides is 2. The van der Waals surface area contributed by atoms with Gasteiger partial charge < -0.3 is 10.2 Å². The van der Waals surface area contributed by atoms with Gasteiger partial charge in [0.15, 0.2) is 0 Å². The van der Waals surface area contributed by atoms with E-state index in [0.29, 0.717) is 32.7 Å². The molecule has 0 aromatic heterocycles. The van der Waals surface area contributed by atoms with Gasteiger partial charge in [0.2, 0.25) is 11.8 Å². The van der Waals surface area contributed by atoms with Crippen LogP contribution in [0.25, 0.3) is 0 Å². The van der Waals surface area contributed by atoms with Crippen LogP contribution < -0.4 is 5.32 Å². The van der Waals surface area contributed by atoms with E-state index < -0.39 is 0 Å². The summed E-state index contributed by atoms with van der Waals surface area (Å²) in [5.74, 6) is -0.280. The van der Waals surface area contributed by atoms with Crippen LogP contribution in [0.15, 0.2) is 42.5 Å². The Morgan fingerprint density at radius 1 is 0.933 bits per heavy atom. The van der Waals surface area contributed by atoms with Gasteiger partial charge in [-0.3, -0.25) is 14.5 Å². The summed E-state index contributed by atoms with van der Waals surface area (Å²) in [4.78, 5) is 29.0. The molecule has 1 fully saturated rings. The zero-order chi connectivity index (χ0) is 21.5. The minimum Gasteiger partial charge on any atom is -0.340 e. The molecule has 0 atom stereocenters. The first kappa shape index (κ1) is 22.0. The van der Waals surface area contributed by atoms with Crippen molar-refractivity contribution in [3.05, 3.63) is 65.0 Å². The van der Waals surface area contributed by atoms with Crippen molar-refractivity contribution in [2.75, 3.05) is 38.0 Å². The number of piperazine rings is 1. The Balaban J connectivity index is 1.49. The first-order valence-corrected chi connectivity index (χ1v) is 10.6. The molecule has 1 aliphatic heterocycles. The number of carbonyl (C=O) groups is 2. The number of hydrogen-bond acceptors (Lipinski definition) is 3. The van der Waals surface area contributed by atoms with E-state index in [9.17, 15) is 14.0 Å². The van der Waals surface area contributed by atoms with Crippen LogP contribution in [0, 0.1) is 5.82 Å². The van der Waals surface area contributed by atoms with Gasteiger partial charge in [-0.25, -0.2) is 4.39 Å². The minimum atomic E-state index is -0.300. The summed E-state index contributed by atoms with van der Waals surface area (Å²) in [6.45, 7) is 7.02. The number of aryl methyl sites for hydroxylation is 2. The Morgan fingerprint density at radius 3 is 2.10 bits per heavy atom. The van der Waals surface area contributed by atoms with Crippen LogP contribution in [-0.2, 0) is 28.9 Å². The predicted molar refractivity (Wildman–Crippen MR) is 117 cm³/mol. The van der Waals surface area contributed by atoms with Crippen molar-refractivity contribution >= 4 is 17.5 Å². The summed E-state index contributed by atoms with van der Waals surface area (Å²) in [5.41, 5.74) is 4.06. The van der Waals surface area contributed by atoms with Crippen LogP contribution in [0.3, 0.4) is 0 Å². The maximum Gasteiger partial charge on any atom is 0.238 e. The van der Waals surface area contributed by atoms with E-state index in [1.54, 1.807) is 12.1 Å². The van der Waals surface area contributed by atoms with Crippen molar-refractivity contribution < 1.29 is 14.0 Å². The zero-order valence-corrected chi connectivity index (χ0v) is 17.8. The molecule has 2 amide bonds. The fourth-order valence-corrected chi connectivity index (χ4v) is 3.83. The Bertz CT molecular complexity index is 852. The lowest BCUT2D eigenvalue weighted by molar-refractivity contribution is -0.132. The van der Waals surface area contributed by atoms with Crippen LogP contribution in [0.1, 0.15) is 30.5 Å². The topological polar surface area (TPSA) is 52.7 Å². The van der Waals surface area contributed by atoms with Gasteiger partial charge in [-0.1, -0.05) is 44.2 Å². The smallest absolute Gasteiger partial charge is 0.238 e. The third-order valence-corrected chi connectivity index (χ3v) is 5.62. The molecule has 1 aliphatic rings. The molecule has 1 heterocycles. The van der Waals surface area contributed by atoms with Crippen molar-refractivity contribution in [3.8, 4) is 0 Å². The molecular weight excluding hydrogens is 381 g/mol. The highest BCUT2D eigenvalue weighted by atomic mass is 19.1. The Morgan fingerprint density at radius 2 is 1.53 bits per heavy atom. The lowest BCUT2D eigenvalue weighted by Gasteiger charge is -2.34. The molecule has 0 saturated carbocycles. The molecule has 160 valence electrons. The van der Waals surface area contributed by atoms with E-state index in [0.717, 1.165) is 35.2 Å². The zero-order valence-electron chi connectivity index (χ0n) is 17.8. The van der Waals surface area contributed by atoms with Gasteiger partial charge in [-0.05, 0) is 41.7 Å². The fourth-order valence-electron chi connectivity index (χ4n) is 3.83. The van der Waals surface area contributed by atoms with Crippen molar-refractivity contribution in [1.29, 1.82) is 0 Å². The average molecular weight is 412 g/mol. The highest BCUT2D eigenvalue weighted by Gasteiger charge is 2.23. The van der Waals surface area contributed by atoms with Gasteiger partial charge in [0, 0.05) is 31.9 Å². The van der Waals surface area contributed by atoms with Gasteiger partial charge in [0.05, 0.1) is 13.0 Å². The van der Waals surface area contributed by atoms with E-state index in [1.165, 1.54) is 12.1 Å². The van der Waals surface area contributed by atoms with Crippen LogP contribution in [0.4, 0.5) is 10.1 Å². The number of rotatable bonds is 7. The molecule has 1 N–H and O–H groups in total. The predicted octanol–water partition coefficient (Wildman–Crippen LogP) is 3.28. The summed E-state index contributed by atoms with van der Waals surface area (Å²) >= 11 is 0. The molecule has 2 aromatic carbocycles. The third-order valence-electron chi connectivity index (χ3n) is 5.62. The first-order chi connectivity index (χ1) is 14.5. The normalized spacial score (nSPS) is 14.6. The lowest BCUT2D eigenvalue weighted by Crippen LogP contribution is -2.50. The van der Waals surface area contributed by atoms with Crippen LogP contribution in [0.2, 0.25) is 0 Å². The number of halogens is 1. The maximum atomic E-state index is 13.0. The first-order valence-electron chi connectivity index (χ1n) is 10.6. The van der Waals surface area contributed by atoms with Crippen molar-refractivity contribution in [2.24, 2.45) is 0 Å². The quantitative estimate of drug-likeness (QED) is 0.761. The molecule has 1 saturated heterocycles. The second kappa shape index (κ2) is 10.3.